The maximum Gasteiger partial charge on any atom is 0.220 e. The average molecular weight is 348 g/mol. The summed E-state index contributed by atoms with van der Waals surface area (Å²) < 4.78 is 5.82. The average Bonchev–Trinajstić information content (AvgIpc) is 3.02. The van der Waals surface area contributed by atoms with Crippen molar-refractivity contribution in [2.75, 3.05) is 26.2 Å². The quantitative estimate of drug-likeness (QED) is 0.646. The highest BCUT2D eigenvalue weighted by Gasteiger charge is 2.22. The van der Waals surface area contributed by atoms with Crippen LogP contribution in [0.3, 0.4) is 0 Å². The summed E-state index contributed by atoms with van der Waals surface area (Å²) >= 11 is 0. The third-order valence-electron chi connectivity index (χ3n) is 4.87. The van der Waals surface area contributed by atoms with E-state index in [4.69, 9.17) is 4.74 Å². The molecule has 140 valence electrons. The Bertz CT molecular complexity index is 514. The zero-order valence-electron chi connectivity index (χ0n) is 15.9. The molecular formula is C20H33N3O2. The second-order valence-corrected chi connectivity index (χ2v) is 6.84. The molecular weight excluding hydrogens is 314 g/mol. The molecule has 1 amide bonds. The van der Waals surface area contributed by atoms with Crippen LogP contribution in [0.15, 0.2) is 24.3 Å². The number of carbonyl (C=O) groups is 1. The number of likely N-dealkylation sites (N-methyl/N-ethyl adjacent to an activating group) is 1. The van der Waals surface area contributed by atoms with Crippen LogP contribution < -0.4 is 15.4 Å². The van der Waals surface area contributed by atoms with E-state index in [0.717, 1.165) is 51.4 Å². The van der Waals surface area contributed by atoms with Gasteiger partial charge in [0.1, 0.15) is 12.4 Å². The van der Waals surface area contributed by atoms with E-state index in [0.29, 0.717) is 18.5 Å². The molecule has 2 rings (SSSR count). The number of benzene rings is 1. The molecule has 1 fully saturated rings. The minimum atomic E-state index is 0.189. The van der Waals surface area contributed by atoms with E-state index in [9.17, 15) is 4.79 Å². The molecule has 0 spiro atoms. The van der Waals surface area contributed by atoms with E-state index in [2.05, 4.69) is 48.4 Å². The zero-order chi connectivity index (χ0) is 18.1. The zero-order valence-corrected chi connectivity index (χ0v) is 15.9. The monoisotopic (exact) mass is 347 g/mol. The van der Waals surface area contributed by atoms with Gasteiger partial charge in [0.15, 0.2) is 0 Å². The first-order chi connectivity index (χ1) is 12.1. The second kappa shape index (κ2) is 10.4. The fourth-order valence-corrected chi connectivity index (χ4v) is 3.19. The molecule has 1 aromatic carbocycles. The maximum absolute atomic E-state index is 11.2. The summed E-state index contributed by atoms with van der Waals surface area (Å²) in [5, 5.41) is 6.56. The Hall–Kier alpha value is -1.59. The molecule has 2 unspecified atom stereocenters. The Kier molecular flexibility index (Phi) is 8.22. The van der Waals surface area contributed by atoms with E-state index in [-0.39, 0.29) is 5.91 Å². The van der Waals surface area contributed by atoms with E-state index >= 15 is 0 Å². The van der Waals surface area contributed by atoms with Gasteiger partial charge in [-0.2, -0.15) is 0 Å². The van der Waals surface area contributed by atoms with Crippen LogP contribution in [0, 0.1) is 0 Å². The number of nitrogens with zero attached hydrogens (tertiary/aromatic N) is 1. The molecule has 0 aromatic heterocycles. The van der Waals surface area contributed by atoms with Crippen LogP contribution in [0.1, 0.15) is 45.6 Å². The Morgan fingerprint density at radius 3 is 2.60 bits per heavy atom. The van der Waals surface area contributed by atoms with Crippen molar-refractivity contribution in [3.63, 3.8) is 0 Å². The van der Waals surface area contributed by atoms with Crippen LogP contribution in [0.2, 0.25) is 0 Å². The van der Waals surface area contributed by atoms with Crippen molar-refractivity contribution in [2.45, 2.75) is 58.7 Å². The summed E-state index contributed by atoms with van der Waals surface area (Å²) in [6, 6.07) is 9.03. The summed E-state index contributed by atoms with van der Waals surface area (Å²) in [5.41, 5.74) is 1.25. The number of amides is 1. The Labute approximate surface area is 152 Å². The van der Waals surface area contributed by atoms with Crippen LogP contribution in [-0.4, -0.2) is 49.1 Å². The van der Waals surface area contributed by atoms with Gasteiger partial charge in [-0.3, -0.25) is 4.79 Å². The van der Waals surface area contributed by atoms with Crippen molar-refractivity contribution in [3.05, 3.63) is 29.8 Å². The topological polar surface area (TPSA) is 53.6 Å². The largest absolute Gasteiger partial charge is 0.492 e. The third kappa shape index (κ3) is 7.04. The van der Waals surface area contributed by atoms with Gasteiger partial charge in [0.2, 0.25) is 5.91 Å². The van der Waals surface area contributed by atoms with E-state index in [1.54, 1.807) is 0 Å². The van der Waals surface area contributed by atoms with Gasteiger partial charge in [-0.05, 0) is 50.6 Å². The van der Waals surface area contributed by atoms with E-state index < -0.39 is 0 Å². The minimum absolute atomic E-state index is 0.189. The first-order valence-electron chi connectivity index (χ1n) is 9.57. The molecule has 2 N–H and O–H groups in total. The number of hydrogen-bond donors (Lipinski definition) is 2. The maximum atomic E-state index is 11.2. The van der Waals surface area contributed by atoms with Crippen LogP contribution in [0.25, 0.3) is 0 Å². The van der Waals surface area contributed by atoms with Crippen molar-refractivity contribution < 1.29 is 9.53 Å². The molecule has 0 radical (unpaired) electrons. The van der Waals surface area contributed by atoms with Gasteiger partial charge in [0.05, 0.1) is 0 Å². The van der Waals surface area contributed by atoms with Crippen LogP contribution in [0.5, 0.6) is 5.75 Å². The van der Waals surface area contributed by atoms with Crippen molar-refractivity contribution in [1.29, 1.82) is 0 Å². The van der Waals surface area contributed by atoms with Crippen molar-refractivity contribution >= 4 is 5.91 Å². The highest BCUT2D eigenvalue weighted by atomic mass is 16.5. The van der Waals surface area contributed by atoms with Crippen molar-refractivity contribution in [1.82, 2.24) is 15.5 Å². The molecule has 5 nitrogen and oxygen atoms in total. The van der Waals surface area contributed by atoms with Gasteiger partial charge in [-0.25, -0.2) is 0 Å². The lowest BCUT2D eigenvalue weighted by molar-refractivity contribution is -0.119. The molecule has 5 heteroatoms. The standard InChI is InChI=1S/C20H33N3O2/c1-4-23(5-2)12-13-25-19-9-6-17(7-10-19)15-21-16(3)14-18-8-11-20(24)22-18/h6-7,9-10,16,18,21H,4-5,8,11-15H2,1-3H3,(H,22,24). The van der Waals surface area contributed by atoms with Gasteiger partial charge in [-0.1, -0.05) is 26.0 Å². The number of ether oxygens (including phenoxy) is 1. The van der Waals surface area contributed by atoms with Crippen LogP contribution >= 0.6 is 0 Å². The molecule has 1 saturated heterocycles. The first-order valence-corrected chi connectivity index (χ1v) is 9.57. The summed E-state index contributed by atoms with van der Waals surface area (Å²) in [4.78, 5) is 13.6. The Morgan fingerprint density at radius 1 is 1.28 bits per heavy atom. The van der Waals surface area contributed by atoms with Gasteiger partial charge in [-0.15, -0.1) is 0 Å². The van der Waals surface area contributed by atoms with Gasteiger partial charge in [0.25, 0.3) is 0 Å². The van der Waals surface area contributed by atoms with Crippen molar-refractivity contribution in [2.24, 2.45) is 0 Å². The normalized spacial score (nSPS) is 18.4. The molecule has 2 atom stereocenters. The lowest BCUT2D eigenvalue weighted by Crippen LogP contribution is -2.34. The smallest absolute Gasteiger partial charge is 0.220 e. The fraction of sp³-hybridized carbons (Fsp3) is 0.650. The number of rotatable bonds is 11. The molecule has 25 heavy (non-hydrogen) atoms. The lowest BCUT2D eigenvalue weighted by Gasteiger charge is -2.19. The molecule has 1 aliphatic rings. The summed E-state index contributed by atoms with van der Waals surface area (Å²) in [5.74, 6) is 1.12. The molecule has 0 bridgehead atoms. The number of carbonyl (C=O) groups excluding carboxylic acids is 1. The Morgan fingerprint density at radius 2 is 2.00 bits per heavy atom. The van der Waals surface area contributed by atoms with Crippen LogP contribution in [-0.2, 0) is 11.3 Å². The SMILES string of the molecule is CCN(CC)CCOc1ccc(CNC(C)CC2CCC(=O)N2)cc1. The molecule has 1 aliphatic heterocycles. The summed E-state index contributed by atoms with van der Waals surface area (Å²) in [6.07, 6.45) is 2.62. The summed E-state index contributed by atoms with van der Waals surface area (Å²) in [6.45, 7) is 11.2. The summed E-state index contributed by atoms with van der Waals surface area (Å²) in [7, 11) is 0. The fourth-order valence-electron chi connectivity index (χ4n) is 3.19. The molecule has 1 aromatic rings. The predicted octanol–water partition coefficient (Wildman–Crippen LogP) is 2.55. The number of hydrogen-bond acceptors (Lipinski definition) is 4. The van der Waals surface area contributed by atoms with E-state index in [1.165, 1.54) is 5.56 Å². The minimum Gasteiger partial charge on any atom is -0.492 e. The number of nitrogens with one attached hydrogen (secondary N) is 2. The first kappa shape index (κ1) is 19.7. The van der Waals surface area contributed by atoms with Crippen LogP contribution in [0.4, 0.5) is 0 Å². The molecule has 0 aliphatic carbocycles. The lowest BCUT2D eigenvalue weighted by atomic mass is 10.1. The van der Waals surface area contributed by atoms with Gasteiger partial charge < -0.3 is 20.3 Å². The third-order valence-corrected chi connectivity index (χ3v) is 4.87. The van der Waals surface area contributed by atoms with Gasteiger partial charge >= 0.3 is 0 Å². The van der Waals surface area contributed by atoms with Gasteiger partial charge in [0, 0.05) is 31.6 Å². The molecule has 1 heterocycles. The highest BCUT2D eigenvalue weighted by molar-refractivity contribution is 5.78. The molecule has 0 saturated carbocycles. The van der Waals surface area contributed by atoms with E-state index in [1.807, 2.05) is 12.1 Å². The van der Waals surface area contributed by atoms with Crippen molar-refractivity contribution in [3.8, 4) is 5.75 Å². The highest BCUT2D eigenvalue weighted by Crippen LogP contribution is 2.14. The second-order valence-electron chi connectivity index (χ2n) is 6.84. The predicted molar refractivity (Wildman–Crippen MR) is 102 cm³/mol. The Balaban J connectivity index is 1.66.